The van der Waals surface area contributed by atoms with Crippen molar-refractivity contribution in [3.8, 4) is 5.75 Å². The van der Waals surface area contributed by atoms with Gasteiger partial charge in [-0.05, 0) is 55.3 Å². The third kappa shape index (κ3) is 7.11. The molecular formula is C19H24ClFN2O2. The summed E-state index contributed by atoms with van der Waals surface area (Å²) >= 11 is 0. The van der Waals surface area contributed by atoms with Crippen molar-refractivity contribution < 1.29 is 13.9 Å². The standard InChI is InChI=1S/C19H23FN2O2.ClH/c1-14(22-19(23)3-2-12-21)16-6-10-18(11-7-16)24-13-15-4-8-17(20)9-5-15;/h4-11,14H,2-3,12-13,21H2,1H3,(H,22,23);1H. The molecule has 0 aliphatic carbocycles. The van der Waals surface area contributed by atoms with Crippen LogP contribution < -0.4 is 15.8 Å². The molecule has 1 atom stereocenters. The van der Waals surface area contributed by atoms with Crippen molar-refractivity contribution in [1.82, 2.24) is 5.32 Å². The average molecular weight is 367 g/mol. The van der Waals surface area contributed by atoms with Gasteiger partial charge < -0.3 is 15.8 Å². The quantitative estimate of drug-likeness (QED) is 0.748. The highest BCUT2D eigenvalue weighted by Gasteiger charge is 2.09. The summed E-state index contributed by atoms with van der Waals surface area (Å²) in [4.78, 5) is 11.7. The predicted octanol–water partition coefficient (Wildman–Crippen LogP) is 3.74. The molecule has 0 saturated heterocycles. The third-order valence-electron chi connectivity index (χ3n) is 3.68. The van der Waals surface area contributed by atoms with Crippen LogP contribution >= 0.6 is 12.4 Å². The Labute approximate surface area is 154 Å². The number of benzene rings is 2. The summed E-state index contributed by atoms with van der Waals surface area (Å²) < 4.78 is 18.5. The molecule has 0 spiro atoms. The van der Waals surface area contributed by atoms with E-state index in [-0.39, 0.29) is 30.2 Å². The fourth-order valence-corrected chi connectivity index (χ4v) is 2.26. The summed E-state index contributed by atoms with van der Waals surface area (Å²) in [6.45, 7) is 2.83. The summed E-state index contributed by atoms with van der Waals surface area (Å²) in [6.07, 6.45) is 1.13. The van der Waals surface area contributed by atoms with Crippen molar-refractivity contribution in [2.24, 2.45) is 5.73 Å². The molecule has 2 aromatic rings. The Morgan fingerprint density at radius 2 is 1.80 bits per heavy atom. The predicted molar refractivity (Wildman–Crippen MR) is 99.3 cm³/mol. The van der Waals surface area contributed by atoms with Crippen LogP contribution in [0.4, 0.5) is 4.39 Å². The SMILES string of the molecule is CC(NC(=O)CCCN)c1ccc(OCc2ccc(F)cc2)cc1.Cl. The van der Waals surface area contributed by atoms with E-state index in [1.165, 1.54) is 12.1 Å². The molecule has 2 rings (SSSR count). The number of nitrogens with two attached hydrogens (primary N) is 1. The Balaban J connectivity index is 0.00000312. The lowest BCUT2D eigenvalue weighted by molar-refractivity contribution is -0.121. The van der Waals surface area contributed by atoms with Gasteiger partial charge >= 0.3 is 0 Å². The maximum Gasteiger partial charge on any atom is 0.220 e. The molecule has 1 unspecified atom stereocenters. The second-order valence-electron chi connectivity index (χ2n) is 5.67. The molecular weight excluding hydrogens is 343 g/mol. The van der Waals surface area contributed by atoms with Crippen LogP contribution in [0.25, 0.3) is 0 Å². The van der Waals surface area contributed by atoms with E-state index in [1.54, 1.807) is 12.1 Å². The van der Waals surface area contributed by atoms with E-state index in [0.717, 1.165) is 16.9 Å². The van der Waals surface area contributed by atoms with E-state index in [2.05, 4.69) is 5.32 Å². The molecule has 6 heteroatoms. The highest BCUT2D eigenvalue weighted by Crippen LogP contribution is 2.19. The lowest BCUT2D eigenvalue weighted by atomic mass is 10.1. The van der Waals surface area contributed by atoms with Crippen molar-refractivity contribution in [1.29, 1.82) is 0 Å². The molecule has 0 aromatic heterocycles. The van der Waals surface area contributed by atoms with Gasteiger partial charge in [0.15, 0.2) is 0 Å². The Bertz CT molecular complexity index is 647. The van der Waals surface area contributed by atoms with Crippen LogP contribution in [0.3, 0.4) is 0 Å². The Hall–Kier alpha value is -2.11. The van der Waals surface area contributed by atoms with Gasteiger partial charge in [0.1, 0.15) is 18.2 Å². The van der Waals surface area contributed by atoms with Crippen LogP contribution in [0.2, 0.25) is 0 Å². The lowest BCUT2D eigenvalue weighted by Gasteiger charge is -2.15. The minimum atomic E-state index is -0.259. The molecule has 0 aliphatic rings. The highest BCUT2D eigenvalue weighted by molar-refractivity contribution is 5.85. The summed E-state index contributed by atoms with van der Waals surface area (Å²) in [5, 5.41) is 2.94. The van der Waals surface area contributed by atoms with Gasteiger partial charge in [0, 0.05) is 6.42 Å². The number of ether oxygens (including phenoxy) is 1. The third-order valence-corrected chi connectivity index (χ3v) is 3.68. The van der Waals surface area contributed by atoms with Gasteiger partial charge in [-0.2, -0.15) is 0 Å². The summed E-state index contributed by atoms with van der Waals surface area (Å²) in [6, 6.07) is 13.7. The first-order valence-electron chi connectivity index (χ1n) is 8.05. The number of amides is 1. The lowest BCUT2D eigenvalue weighted by Crippen LogP contribution is -2.26. The normalized spacial score (nSPS) is 11.3. The van der Waals surface area contributed by atoms with Crippen LogP contribution in [0.5, 0.6) is 5.75 Å². The number of rotatable bonds is 8. The monoisotopic (exact) mass is 366 g/mol. The maximum absolute atomic E-state index is 12.9. The van der Waals surface area contributed by atoms with Gasteiger partial charge in [-0.25, -0.2) is 4.39 Å². The first kappa shape index (κ1) is 20.9. The maximum atomic E-state index is 12.9. The molecule has 2 aromatic carbocycles. The molecule has 3 N–H and O–H groups in total. The topological polar surface area (TPSA) is 64.4 Å². The van der Waals surface area contributed by atoms with Gasteiger partial charge in [-0.3, -0.25) is 4.79 Å². The number of nitrogens with one attached hydrogen (secondary N) is 1. The Morgan fingerprint density at radius 3 is 2.40 bits per heavy atom. The zero-order valence-electron chi connectivity index (χ0n) is 14.2. The first-order valence-corrected chi connectivity index (χ1v) is 8.05. The molecule has 0 radical (unpaired) electrons. The molecule has 0 heterocycles. The first-order chi connectivity index (χ1) is 11.6. The van der Waals surface area contributed by atoms with Crippen LogP contribution in [-0.4, -0.2) is 12.5 Å². The molecule has 0 fully saturated rings. The van der Waals surface area contributed by atoms with Crippen LogP contribution in [0.15, 0.2) is 48.5 Å². The smallest absolute Gasteiger partial charge is 0.220 e. The van der Waals surface area contributed by atoms with E-state index in [0.29, 0.717) is 26.0 Å². The largest absolute Gasteiger partial charge is 0.489 e. The molecule has 1 amide bonds. The number of halogens is 2. The second-order valence-corrected chi connectivity index (χ2v) is 5.67. The van der Waals surface area contributed by atoms with E-state index in [9.17, 15) is 9.18 Å². The summed E-state index contributed by atoms with van der Waals surface area (Å²) in [5.74, 6) is 0.472. The van der Waals surface area contributed by atoms with Gasteiger partial charge in [0.25, 0.3) is 0 Å². The minimum absolute atomic E-state index is 0. The fourth-order valence-electron chi connectivity index (χ4n) is 2.26. The molecule has 0 saturated carbocycles. The average Bonchev–Trinajstić information content (AvgIpc) is 2.60. The second kappa shape index (κ2) is 10.7. The van der Waals surface area contributed by atoms with E-state index < -0.39 is 0 Å². The zero-order valence-corrected chi connectivity index (χ0v) is 15.0. The number of hydrogen-bond acceptors (Lipinski definition) is 3. The summed E-state index contributed by atoms with van der Waals surface area (Å²) in [7, 11) is 0. The highest BCUT2D eigenvalue weighted by atomic mass is 35.5. The number of carbonyl (C=O) groups is 1. The van der Waals surface area contributed by atoms with Gasteiger partial charge in [-0.1, -0.05) is 24.3 Å². The van der Waals surface area contributed by atoms with E-state index >= 15 is 0 Å². The van der Waals surface area contributed by atoms with Crippen molar-refractivity contribution in [3.05, 3.63) is 65.5 Å². The Kier molecular flexibility index (Phi) is 8.95. The van der Waals surface area contributed by atoms with E-state index in [1.807, 2.05) is 31.2 Å². The van der Waals surface area contributed by atoms with E-state index in [4.69, 9.17) is 10.5 Å². The molecule has 4 nitrogen and oxygen atoms in total. The van der Waals surface area contributed by atoms with Gasteiger partial charge in [0.05, 0.1) is 6.04 Å². The van der Waals surface area contributed by atoms with Gasteiger partial charge in [0.2, 0.25) is 5.91 Å². The van der Waals surface area contributed by atoms with Gasteiger partial charge in [-0.15, -0.1) is 12.4 Å². The zero-order chi connectivity index (χ0) is 17.4. The fraction of sp³-hybridized carbons (Fsp3) is 0.316. The number of carbonyl (C=O) groups excluding carboxylic acids is 1. The van der Waals surface area contributed by atoms with Crippen LogP contribution in [-0.2, 0) is 11.4 Å². The van der Waals surface area contributed by atoms with Crippen molar-refractivity contribution >= 4 is 18.3 Å². The van der Waals surface area contributed by atoms with Crippen molar-refractivity contribution in [3.63, 3.8) is 0 Å². The Morgan fingerprint density at radius 1 is 1.16 bits per heavy atom. The molecule has 0 bridgehead atoms. The summed E-state index contributed by atoms with van der Waals surface area (Å²) in [5.41, 5.74) is 7.31. The minimum Gasteiger partial charge on any atom is -0.489 e. The number of hydrogen-bond donors (Lipinski definition) is 2. The molecule has 136 valence electrons. The van der Waals surface area contributed by atoms with Crippen molar-refractivity contribution in [2.75, 3.05) is 6.54 Å². The molecule has 25 heavy (non-hydrogen) atoms. The van der Waals surface area contributed by atoms with Crippen LogP contribution in [0, 0.1) is 5.82 Å². The molecule has 0 aliphatic heterocycles. The van der Waals surface area contributed by atoms with Crippen molar-refractivity contribution in [2.45, 2.75) is 32.4 Å². The van der Waals surface area contributed by atoms with Crippen LogP contribution in [0.1, 0.15) is 36.9 Å².